The van der Waals surface area contributed by atoms with Crippen LogP contribution < -0.4 is 5.32 Å². The fourth-order valence-electron chi connectivity index (χ4n) is 1.91. The standard InChI is InChI=1S/C13H15NO4/c1-8-2-7-11(18-8)12(15)14-10-5-3-9(4-6-10)13(16)17/h3-6,8,11H,2,7H2,1H3,(H,14,15)(H,16,17). The summed E-state index contributed by atoms with van der Waals surface area (Å²) in [4.78, 5) is 22.5. The van der Waals surface area contributed by atoms with Gasteiger partial charge in [-0.15, -0.1) is 0 Å². The monoisotopic (exact) mass is 249 g/mol. The Bertz CT molecular complexity index is 455. The van der Waals surface area contributed by atoms with Crippen LogP contribution in [0.4, 0.5) is 5.69 Å². The number of nitrogens with one attached hydrogen (secondary N) is 1. The number of carbonyl (C=O) groups is 2. The van der Waals surface area contributed by atoms with E-state index in [9.17, 15) is 9.59 Å². The summed E-state index contributed by atoms with van der Waals surface area (Å²) >= 11 is 0. The SMILES string of the molecule is CC1CCC(C(=O)Nc2ccc(C(=O)O)cc2)O1. The van der Waals surface area contributed by atoms with Crippen LogP contribution in [0.3, 0.4) is 0 Å². The molecule has 5 nitrogen and oxygen atoms in total. The van der Waals surface area contributed by atoms with E-state index in [1.54, 1.807) is 12.1 Å². The minimum Gasteiger partial charge on any atom is -0.478 e. The molecule has 0 aromatic heterocycles. The van der Waals surface area contributed by atoms with Gasteiger partial charge in [-0.05, 0) is 44.0 Å². The van der Waals surface area contributed by atoms with E-state index in [0.717, 1.165) is 12.8 Å². The third-order valence-electron chi connectivity index (χ3n) is 2.92. The number of hydrogen-bond donors (Lipinski definition) is 2. The second-order valence-corrected chi connectivity index (χ2v) is 4.38. The first-order chi connectivity index (χ1) is 8.56. The van der Waals surface area contributed by atoms with E-state index in [4.69, 9.17) is 9.84 Å². The third-order valence-corrected chi connectivity index (χ3v) is 2.92. The van der Waals surface area contributed by atoms with Gasteiger partial charge in [-0.1, -0.05) is 0 Å². The van der Waals surface area contributed by atoms with Crippen molar-refractivity contribution in [3.05, 3.63) is 29.8 Å². The van der Waals surface area contributed by atoms with Crippen LogP contribution in [0.2, 0.25) is 0 Å². The lowest BCUT2D eigenvalue weighted by Gasteiger charge is -2.11. The lowest BCUT2D eigenvalue weighted by molar-refractivity contribution is -0.126. The molecule has 2 atom stereocenters. The van der Waals surface area contributed by atoms with Crippen molar-refractivity contribution < 1.29 is 19.4 Å². The van der Waals surface area contributed by atoms with Crippen LogP contribution in [0.15, 0.2) is 24.3 Å². The number of aromatic carboxylic acids is 1. The van der Waals surface area contributed by atoms with Gasteiger partial charge in [0.15, 0.2) is 0 Å². The van der Waals surface area contributed by atoms with E-state index in [2.05, 4.69) is 5.32 Å². The number of carboxylic acid groups (broad SMARTS) is 1. The van der Waals surface area contributed by atoms with Gasteiger partial charge in [0, 0.05) is 5.69 Å². The van der Waals surface area contributed by atoms with Crippen molar-refractivity contribution in [1.29, 1.82) is 0 Å². The molecule has 0 spiro atoms. The number of amides is 1. The average molecular weight is 249 g/mol. The van der Waals surface area contributed by atoms with Crippen molar-refractivity contribution >= 4 is 17.6 Å². The Hall–Kier alpha value is -1.88. The quantitative estimate of drug-likeness (QED) is 0.857. The van der Waals surface area contributed by atoms with Crippen LogP contribution in [0.1, 0.15) is 30.1 Å². The zero-order valence-corrected chi connectivity index (χ0v) is 10.1. The van der Waals surface area contributed by atoms with Gasteiger partial charge in [-0.2, -0.15) is 0 Å². The first-order valence-corrected chi connectivity index (χ1v) is 5.86. The van der Waals surface area contributed by atoms with Crippen molar-refractivity contribution in [1.82, 2.24) is 0 Å². The highest BCUT2D eigenvalue weighted by Gasteiger charge is 2.28. The van der Waals surface area contributed by atoms with Crippen LogP contribution in [-0.2, 0) is 9.53 Å². The average Bonchev–Trinajstić information content (AvgIpc) is 2.76. The summed E-state index contributed by atoms with van der Waals surface area (Å²) in [5, 5.41) is 11.5. The molecule has 5 heteroatoms. The molecule has 1 aliphatic heterocycles. The summed E-state index contributed by atoms with van der Waals surface area (Å²) in [5.41, 5.74) is 0.770. The van der Waals surface area contributed by atoms with Crippen LogP contribution in [0.5, 0.6) is 0 Å². The smallest absolute Gasteiger partial charge is 0.335 e. The number of ether oxygens (including phenoxy) is 1. The highest BCUT2D eigenvalue weighted by atomic mass is 16.5. The van der Waals surface area contributed by atoms with Gasteiger partial charge in [0.05, 0.1) is 11.7 Å². The molecule has 0 aliphatic carbocycles. The maximum absolute atomic E-state index is 11.8. The Kier molecular flexibility index (Phi) is 3.62. The summed E-state index contributed by atoms with van der Waals surface area (Å²) in [6.07, 6.45) is 1.32. The molecule has 1 aliphatic rings. The van der Waals surface area contributed by atoms with Gasteiger partial charge in [-0.25, -0.2) is 4.79 Å². The number of carboxylic acids is 1. The number of anilines is 1. The normalized spacial score (nSPS) is 22.7. The third kappa shape index (κ3) is 2.87. The van der Waals surface area contributed by atoms with E-state index >= 15 is 0 Å². The van der Waals surface area contributed by atoms with E-state index in [1.165, 1.54) is 12.1 Å². The lowest BCUT2D eigenvalue weighted by Crippen LogP contribution is -2.27. The van der Waals surface area contributed by atoms with E-state index in [-0.39, 0.29) is 17.6 Å². The number of benzene rings is 1. The summed E-state index contributed by atoms with van der Waals surface area (Å²) in [7, 11) is 0. The maximum atomic E-state index is 11.8. The minimum absolute atomic E-state index is 0.120. The number of carbonyl (C=O) groups excluding carboxylic acids is 1. The molecule has 96 valence electrons. The van der Waals surface area contributed by atoms with Gasteiger partial charge < -0.3 is 15.2 Å². The first kappa shape index (κ1) is 12.6. The zero-order chi connectivity index (χ0) is 13.1. The largest absolute Gasteiger partial charge is 0.478 e. The number of rotatable bonds is 3. The van der Waals surface area contributed by atoms with Gasteiger partial charge in [-0.3, -0.25) is 4.79 Å². The molecule has 1 heterocycles. The Balaban J connectivity index is 1.97. The fraction of sp³-hybridized carbons (Fsp3) is 0.385. The van der Waals surface area contributed by atoms with Crippen molar-refractivity contribution in [3.8, 4) is 0 Å². The van der Waals surface area contributed by atoms with Crippen LogP contribution in [-0.4, -0.2) is 29.2 Å². The van der Waals surface area contributed by atoms with E-state index in [1.807, 2.05) is 6.92 Å². The Morgan fingerprint density at radius 3 is 2.44 bits per heavy atom. The molecule has 1 aromatic rings. The van der Waals surface area contributed by atoms with Crippen LogP contribution in [0, 0.1) is 0 Å². The lowest BCUT2D eigenvalue weighted by atomic mass is 10.2. The topological polar surface area (TPSA) is 75.6 Å². The Morgan fingerprint density at radius 2 is 1.94 bits per heavy atom. The zero-order valence-electron chi connectivity index (χ0n) is 10.1. The second-order valence-electron chi connectivity index (χ2n) is 4.38. The molecule has 1 fully saturated rings. The molecule has 18 heavy (non-hydrogen) atoms. The van der Waals surface area contributed by atoms with Gasteiger partial charge >= 0.3 is 5.97 Å². The van der Waals surface area contributed by atoms with Crippen molar-refractivity contribution in [2.24, 2.45) is 0 Å². The molecule has 1 saturated heterocycles. The molecule has 0 bridgehead atoms. The van der Waals surface area contributed by atoms with Gasteiger partial charge in [0.2, 0.25) is 0 Å². The number of hydrogen-bond acceptors (Lipinski definition) is 3. The van der Waals surface area contributed by atoms with Crippen molar-refractivity contribution in [2.75, 3.05) is 5.32 Å². The Labute approximate surface area is 105 Å². The summed E-state index contributed by atoms with van der Waals surface area (Å²) in [5.74, 6) is -1.16. The second kappa shape index (κ2) is 5.18. The highest BCUT2D eigenvalue weighted by molar-refractivity contribution is 5.95. The molecule has 2 unspecified atom stereocenters. The molecule has 1 aromatic carbocycles. The summed E-state index contributed by atoms with van der Waals surface area (Å²) in [6.45, 7) is 1.94. The summed E-state index contributed by atoms with van der Waals surface area (Å²) in [6, 6.07) is 6.05. The predicted octanol–water partition coefficient (Wildman–Crippen LogP) is 1.89. The Morgan fingerprint density at radius 1 is 1.28 bits per heavy atom. The predicted molar refractivity (Wildman–Crippen MR) is 65.6 cm³/mol. The molecule has 0 saturated carbocycles. The molecule has 2 rings (SSSR count). The van der Waals surface area contributed by atoms with Gasteiger partial charge in [0.25, 0.3) is 5.91 Å². The maximum Gasteiger partial charge on any atom is 0.335 e. The first-order valence-electron chi connectivity index (χ1n) is 5.86. The highest BCUT2D eigenvalue weighted by Crippen LogP contribution is 2.20. The minimum atomic E-state index is -0.985. The molecule has 0 radical (unpaired) electrons. The molecular formula is C13H15NO4. The van der Waals surface area contributed by atoms with Crippen molar-refractivity contribution in [2.45, 2.75) is 32.0 Å². The van der Waals surface area contributed by atoms with Gasteiger partial charge in [0.1, 0.15) is 6.10 Å². The van der Waals surface area contributed by atoms with Crippen LogP contribution >= 0.6 is 0 Å². The molecule has 1 amide bonds. The molecular weight excluding hydrogens is 234 g/mol. The fourth-order valence-corrected chi connectivity index (χ4v) is 1.91. The van der Waals surface area contributed by atoms with Crippen LogP contribution in [0.25, 0.3) is 0 Å². The molecule has 2 N–H and O–H groups in total. The van der Waals surface area contributed by atoms with E-state index < -0.39 is 12.1 Å². The van der Waals surface area contributed by atoms with Crippen molar-refractivity contribution in [3.63, 3.8) is 0 Å². The summed E-state index contributed by atoms with van der Waals surface area (Å²) < 4.78 is 5.45. The van der Waals surface area contributed by atoms with E-state index in [0.29, 0.717) is 5.69 Å².